The first-order valence-corrected chi connectivity index (χ1v) is 11.1. The SMILES string of the molecule is CCN(Cc1ccc(-c2cccc(C(C)(C)C(=O)O)c2)cc1)Cc1cccc2c1OC(F)(F)O2. The van der Waals surface area contributed by atoms with E-state index in [0.29, 0.717) is 18.7 Å². The molecule has 3 aromatic rings. The van der Waals surface area contributed by atoms with E-state index in [-0.39, 0.29) is 11.5 Å². The minimum atomic E-state index is -3.64. The second-order valence-electron chi connectivity index (χ2n) is 8.92. The highest BCUT2D eigenvalue weighted by atomic mass is 19.3. The molecule has 5 nitrogen and oxygen atoms in total. The lowest BCUT2D eigenvalue weighted by atomic mass is 9.83. The Hall–Kier alpha value is -3.45. The Morgan fingerprint density at radius 3 is 2.35 bits per heavy atom. The molecule has 0 fully saturated rings. The monoisotopic (exact) mass is 467 g/mol. The molecule has 4 rings (SSSR count). The van der Waals surface area contributed by atoms with E-state index in [4.69, 9.17) is 4.74 Å². The number of alkyl halides is 2. The standard InChI is InChI=1S/C27H27F2NO4/c1-4-30(17-21-8-6-10-23-24(21)34-27(28,29)33-23)16-18-11-13-19(14-12-18)20-7-5-9-22(15-20)26(2,3)25(31)32/h5-15H,4,16-17H2,1-3H3,(H,31,32). The van der Waals surface area contributed by atoms with Gasteiger partial charge in [-0.2, -0.15) is 0 Å². The van der Waals surface area contributed by atoms with Gasteiger partial charge in [0.05, 0.1) is 5.41 Å². The van der Waals surface area contributed by atoms with Crippen molar-refractivity contribution < 1.29 is 28.2 Å². The molecule has 0 unspecified atom stereocenters. The summed E-state index contributed by atoms with van der Waals surface area (Å²) in [5.41, 5.74) is 3.42. The lowest BCUT2D eigenvalue weighted by Gasteiger charge is -2.22. The Kier molecular flexibility index (Phi) is 6.32. The highest BCUT2D eigenvalue weighted by Gasteiger charge is 2.44. The number of ether oxygens (including phenoxy) is 2. The van der Waals surface area contributed by atoms with E-state index in [1.807, 2.05) is 55.5 Å². The maximum atomic E-state index is 13.5. The molecule has 7 heteroatoms. The van der Waals surface area contributed by atoms with Crippen LogP contribution < -0.4 is 9.47 Å². The zero-order chi connectivity index (χ0) is 24.5. The van der Waals surface area contributed by atoms with Gasteiger partial charge in [0, 0.05) is 18.7 Å². The molecule has 1 aliphatic rings. The summed E-state index contributed by atoms with van der Waals surface area (Å²) in [6.45, 7) is 7.18. The van der Waals surface area contributed by atoms with Crippen molar-refractivity contribution in [3.05, 3.63) is 83.4 Å². The van der Waals surface area contributed by atoms with Gasteiger partial charge in [-0.05, 0) is 48.7 Å². The lowest BCUT2D eigenvalue weighted by Crippen LogP contribution is -2.28. The topological polar surface area (TPSA) is 59.0 Å². The molecule has 34 heavy (non-hydrogen) atoms. The zero-order valence-corrected chi connectivity index (χ0v) is 19.3. The number of carbonyl (C=O) groups is 1. The third-order valence-corrected chi connectivity index (χ3v) is 6.16. The van der Waals surface area contributed by atoms with E-state index in [1.165, 1.54) is 6.07 Å². The van der Waals surface area contributed by atoms with Gasteiger partial charge in [-0.15, -0.1) is 8.78 Å². The number of aliphatic carboxylic acids is 1. The van der Waals surface area contributed by atoms with E-state index >= 15 is 0 Å². The number of carboxylic acids is 1. The van der Waals surface area contributed by atoms with Gasteiger partial charge in [0.25, 0.3) is 0 Å². The van der Waals surface area contributed by atoms with Crippen LogP contribution in [0, 0.1) is 0 Å². The minimum absolute atomic E-state index is 0.0520. The molecule has 1 aliphatic heterocycles. The van der Waals surface area contributed by atoms with Crippen LogP contribution in [0.5, 0.6) is 11.5 Å². The van der Waals surface area contributed by atoms with Crippen molar-refractivity contribution in [1.82, 2.24) is 4.90 Å². The quantitative estimate of drug-likeness (QED) is 0.436. The molecule has 0 aliphatic carbocycles. The Morgan fingerprint density at radius 2 is 1.68 bits per heavy atom. The molecule has 0 atom stereocenters. The van der Waals surface area contributed by atoms with Gasteiger partial charge in [0.1, 0.15) is 0 Å². The van der Waals surface area contributed by atoms with Gasteiger partial charge in [0.2, 0.25) is 0 Å². The maximum absolute atomic E-state index is 13.5. The summed E-state index contributed by atoms with van der Waals surface area (Å²) in [6, 6.07) is 20.6. The predicted molar refractivity (Wildman–Crippen MR) is 125 cm³/mol. The van der Waals surface area contributed by atoms with Crippen LogP contribution in [0.15, 0.2) is 66.7 Å². The third-order valence-electron chi connectivity index (χ3n) is 6.16. The van der Waals surface area contributed by atoms with Crippen molar-refractivity contribution in [3.8, 4) is 22.6 Å². The summed E-state index contributed by atoms with van der Waals surface area (Å²) in [6.07, 6.45) is -3.64. The molecule has 1 heterocycles. The second kappa shape index (κ2) is 9.06. The second-order valence-corrected chi connectivity index (χ2v) is 8.92. The Bertz CT molecular complexity index is 1190. The normalized spacial score (nSPS) is 14.4. The van der Waals surface area contributed by atoms with Crippen molar-refractivity contribution in [3.63, 3.8) is 0 Å². The van der Waals surface area contributed by atoms with E-state index < -0.39 is 17.7 Å². The largest absolute Gasteiger partial charge is 0.586 e. The Balaban J connectivity index is 1.48. The third kappa shape index (κ3) is 4.89. The van der Waals surface area contributed by atoms with Gasteiger partial charge in [-0.1, -0.05) is 67.6 Å². The van der Waals surface area contributed by atoms with Crippen molar-refractivity contribution >= 4 is 5.97 Å². The van der Waals surface area contributed by atoms with E-state index in [0.717, 1.165) is 28.8 Å². The van der Waals surface area contributed by atoms with Crippen molar-refractivity contribution in [1.29, 1.82) is 0 Å². The highest BCUT2D eigenvalue weighted by Crippen LogP contribution is 2.43. The number of hydrogen-bond donors (Lipinski definition) is 1. The minimum Gasteiger partial charge on any atom is -0.481 e. The molecule has 0 spiro atoms. The summed E-state index contributed by atoms with van der Waals surface area (Å²) >= 11 is 0. The van der Waals surface area contributed by atoms with Crippen LogP contribution in [0.2, 0.25) is 0 Å². The number of hydrogen-bond acceptors (Lipinski definition) is 4. The first kappa shape index (κ1) is 23.7. The molecule has 0 bridgehead atoms. The number of nitrogens with zero attached hydrogens (tertiary/aromatic N) is 1. The predicted octanol–water partition coefficient (Wildman–Crippen LogP) is 6.06. The molecule has 0 saturated carbocycles. The van der Waals surface area contributed by atoms with Crippen LogP contribution in [-0.4, -0.2) is 28.8 Å². The highest BCUT2D eigenvalue weighted by molar-refractivity contribution is 5.81. The molecular formula is C27H27F2NO4. The van der Waals surface area contributed by atoms with Crippen molar-refractivity contribution in [2.24, 2.45) is 0 Å². The van der Waals surface area contributed by atoms with Gasteiger partial charge in [-0.3, -0.25) is 9.69 Å². The molecule has 0 amide bonds. The van der Waals surface area contributed by atoms with Crippen LogP contribution in [0.4, 0.5) is 8.78 Å². The molecule has 3 aromatic carbocycles. The summed E-state index contributed by atoms with van der Waals surface area (Å²) in [5, 5.41) is 9.53. The molecule has 178 valence electrons. The zero-order valence-electron chi connectivity index (χ0n) is 19.3. The van der Waals surface area contributed by atoms with Crippen LogP contribution in [0.3, 0.4) is 0 Å². The van der Waals surface area contributed by atoms with Crippen LogP contribution >= 0.6 is 0 Å². The van der Waals surface area contributed by atoms with Crippen molar-refractivity contribution in [2.75, 3.05) is 6.54 Å². The summed E-state index contributed by atoms with van der Waals surface area (Å²) in [4.78, 5) is 13.7. The number of fused-ring (bicyclic) bond motifs is 1. The van der Waals surface area contributed by atoms with Gasteiger partial charge in [-0.25, -0.2) is 0 Å². The van der Waals surface area contributed by atoms with Crippen LogP contribution in [0.25, 0.3) is 11.1 Å². The van der Waals surface area contributed by atoms with Crippen LogP contribution in [0.1, 0.15) is 37.5 Å². The average molecular weight is 468 g/mol. The number of rotatable bonds is 8. The molecule has 0 radical (unpaired) electrons. The first-order chi connectivity index (χ1) is 16.1. The number of benzene rings is 3. The number of carboxylic acid groups (broad SMARTS) is 1. The first-order valence-electron chi connectivity index (χ1n) is 11.1. The fraction of sp³-hybridized carbons (Fsp3) is 0.296. The number of para-hydroxylation sites is 1. The smallest absolute Gasteiger partial charge is 0.481 e. The summed E-state index contributed by atoms with van der Waals surface area (Å²) in [7, 11) is 0. The summed E-state index contributed by atoms with van der Waals surface area (Å²) < 4.78 is 36.3. The Morgan fingerprint density at radius 1 is 0.971 bits per heavy atom. The Labute approximate surface area is 197 Å². The van der Waals surface area contributed by atoms with Crippen LogP contribution in [-0.2, 0) is 23.3 Å². The van der Waals surface area contributed by atoms with E-state index in [2.05, 4.69) is 9.64 Å². The molecule has 1 N–H and O–H groups in total. The maximum Gasteiger partial charge on any atom is 0.586 e. The summed E-state index contributed by atoms with van der Waals surface area (Å²) in [5.74, 6) is -0.730. The molecule has 0 aromatic heterocycles. The van der Waals surface area contributed by atoms with E-state index in [9.17, 15) is 18.7 Å². The number of halogens is 2. The lowest BCUT2D eigenvalue weighted by molar-refractivity contribution is -0.287. The van der Waals surface area contributed by atoms with Crippen molar-refractivity contribution in [2.45, 2.75) is 45.6 Å². The fourth-order valence-corrected chi connectivity index (χ4v) is 3.94. The molecular weight excluding hydrogens is 440 g/mol. The van der Waals surface area contributed by atoms with Gasteiger partial charge >= 0.3 is 12.3 Å². The molecule has 0 saturated heterocycles. The van der Waals surface area contributed by atoms with Gasteiger partial charge < -0.3 is 14.6 Å². The fourth-order valence-electron chi connectivity index (χ4n) is 3.94. The van der Waals surface area contributed by atoms with E-state index in [1.54, 1.807) is 26.0 Å². The van der Waals surface area contributed by atoms with Gasteiger partial charge in [0.15, 0.2) is 11.5 Å². The average Bonchev–Trinajstić information content (AvgIpc) is 3.14.